The average Bonchev–Trinajstić information content (AvgIpc) is 2.47. The Morgan fingerprint density at radius 3 is 2.64 bits per heavy atom. The van der Waals surface area contributed by atoms with Gasteiger partial charge in [0.1, 0.15) is 0 Å². The van der Waals surface area contributed by atoms with Crippen LogP contribution < -0.4 is 5.32 Å². The smallest absolute Gasteiger partial charge is 0.0414 e. The minimum absolute atomic E-state index is 0.556. The molecule has 2 nitrogen and oxygen atoms in total. The zero-order chi connectivity index (χ0) is 10.1. The van der Waals surface area contributed by atoms with Crippen LogP contribution in [0.4, 0.5) is 0 Å². The number of likely N-dealkylation sites (N-methyl/N-ethyl adjacent to an activating group) is 1. The first kappa shape index (κ1) is 10.1. The maximum atomic E-state index is 3.32. The number of rotatable bonds is 3. The fourth-order valence-electron chi connectivity index (χ4n) is 1.76. The molecule has 0 amide bonds. The first-order valence-electron chi connectivity index (χ1n) is 5.17. The Morgan fingerprint density at radius 2 is 2.21 bits per heavy atom. The lowest BCUT2D eigenvalue weighted by molar-refractivity contribution is 0.138. The van der Waals surface area contributed by atoms with E-state index in [-0.39, 0.29) is 0 Å². The Hall–Kier alpha value is -0.380. The van der Waals surface area contributed by atoms with Gasteiger partial charge in [0, 0.05) is 34.9 Å². The van der Waals surface area contributed by atoms with Crippen molar-refractivity contribution in [2.24, 2.45) is 0 Å². The van der Waals surface area contributed by atoms with Gasteiger partial charge in [0.25, 0.3) is 0 Å². The summed E-state index contributed by atoms with van der Waals surface area (Å²) in [5, 5.41) is 3.32. The minimum Gasteiger partial charge on any atom is -0.314 e. The van der Waals surface area contributed by atoms with Crippen molar-refractivity contribution in [1.29, 1.82) is 0 Å². The van der Waals surface area contributed by atoms with Gasteiger partial charge >= 0.3 is 0 Å². The summed E-state index contributed by atoms with van der Waals surface area (Å²) >= 11 is 1.91. The van der Waals surface area contributed by atoms with Gasteiger partial charge < -0.3 is 5.32 Å². The monoisotopic (exact) mass is 210 g/mol. The van der Waals surface area contributed by atoms with E-state index in [1.165, 1.54) is 9.75 Å². The number of thiophene rings is 1. The highest BCUT2D eigenvalue weighted by atomic mass is 32.1. The van der Waals surface area contributed by atoms with Gasteiger partial charge in [-0.3, -0.25) is 4.90 Å². The number of hydrogen-bond donors (Lipinski definition) is 1. The van der Waals surface area contributed by atoms with Gasteiger partial charge in [0.05, 0.1) is 0 Å². The molecule has 1 aliphatic rings. The van der Waals surface area contributed by atoms with Crippen molar-refractivity contribution in [3.05, 3.63) is 21.9 Å². The van der Waals surface area contributed by atoms with Crippen molar-refractivity contribution in [2.45, 2.75) is 25.9 Å². The van der Waals surface area contributed by atoms with E-state index >= 15 is 0 Å². The van der Waals surface area contributed by atoms with Crippen molar-refractivity contribution in [3.8, 4) is 0 Å². The first-order chi connectivity index (χ1) is 6.68. The molecule has 1 aromatic rings. The van der Waals surface area contributed by atoms with Crippen LogP contribution in [0.1, 0.15) is 22.7 Å². The third-order valence-electron chi connectivity index (χ3n) is 3.12. The Balaban J connectivity index is 2.03. The number of hydrogen-bond acceptors (Lipinski definition) is 3. The van der Waals surface area contributed by atoms with E-state index in [0.29, 0.717) is 6.04 Å². The van der Waals surface area contributed by atoms with Crippen LogP contribution in [0, 0.1) is 6.92 Å². The molecule has 1 N–H and O–H groups in total. The lowest BCUT2D eigenvalue weighted by Gasteiger charge is -2.39. The summed E-state index contributed by atoms with van der Waals surface area (Å²) < 4.78 is 0. The largest absolute Gasteiger partial charge is 0.314 e. The van der Waals surface area contributed by atoms with Crippen molar-refractivity contribution >= 4 is 11.3 Å². The highest BCUT2D eigenvalue weighted by Crippen LogP contribution is 2.27. The van der Waals surface area contributed by atoms with Crippen LogP contribution in [0.5, 0.6) is 0 Å². The highest BCUT2D eigenvalue weighted by molar-refractivity contribution is 7.12. The van der Waals surface area contributed by atoms with Gasteiger partial charge in [-0.05, 0) is 33.0 Å². The molecule has 1 fully saturated rings. The van der Waals surface area contributed by atoms with Crippen LogP contribution in [-0.4, -0.2) is 31.1 Å². The molecule has 1 aliphatic heterocycles. The molecular formula is C11H18N2S. The summed E-state index contributed by atoms with van der Waals surface area (Å²) in [6.45, 7) is 6.76. The zero-order valence-electron chi connectivity index (χ0n) is 9.08. The van der Waals surface area contributed by atoms with E-state index in [1.807, 2.05) is 11.3 Å². The molecule has 1 atom stereocenters. The van der Waals surface area contributed by atoms with Crippen LogP contribution in [0.25, 0.3) is 0 Å². The summed E-state index contributed by atoms with van der Waals surface area (Å²) in [5.41, 5.74) is 0. The van der Waals surface area contributed by atoms with Crippen molar-refractivity contribution < 1.29 is 0 Å². The normalized spacial score (nSPS) is 19.7. The molecule has 0 saturated carbocycles. The molecule has 14 heavy (non-hydrogen) atoms. The van der Waals surface area contributed by atoms with Crippen molar-refractivity contribution in [3.63, 3.8) is 0 Å². The topological polar surface area (TPSA) is 15.3 Å². The number of nitrogens with one attached hydrogen (secondary N) is 1. The fraction of sp³-hybridized carbons (Fsp3) is 0.636. The Morgan fingerprint density at radius 1 is 1.50 bits per heavy atom. The van der Waals surface area contributed by atoms with Gasteiger partial charge in [-0.15, -0.1) is 11.3 Å². The molecule has 1 unspecified atom stereocenters. The van der Waals surface area contributed by atoms with Crippen molar-refractivity contribution in [2.75, 3.05) is 20.1 Å². The molecule has 0 aromatic carbocycles. The molecule has 0 spiro atoms. The standard InChI is InChI=1S/C11H18N2S/c1-8-4-5-11(14-8)9(2)13(3)10-6-12-7-10/h4-5,9-10,12H,6-7H2,1-3H3. The molecule has 0 bridgehead atoms. The second kappa shape index (κ2) is 4.01. The van der Waals surface area contributed by atoms with Gasteiger partial charge in [-0.2, -0.15) is 0 Å². The molecular weight excluding hydrogens is 192 g/mol. The Bertz CT molecular complexity index is 304. The second-order valence-electron chi connectivity index (χ2n) is 4.10. The number of aryl methyl sites for hydroxylation is 1. The minimum atomic E-state index is 0.556. The number of nitrogens with zero attached hydrogens (tertiary/aromatic N) is 1. The third kappa shape index (κ3) is 1.85. The molecule has 0 aliphatic carbocycles. The van der Waals surface area contributed by atoms with Crippen LogP contribution in [0.15, 0.2) is 12.1 Å². The Labute approximate surface area is 89.9 Å². The van der Waals surface area contributed by atoms with Crippen LogP contribution in [0.2, 0.25) is 0 Å². The summed E-state index contributed by atoms with van der Waals surface area (Å²) in [5.74, 6) is 0. The summed E-state index contributed by atoms with van der Waals surface area (Å²) in [4.78, 5) is 5.37. The van der Waals surface area contributed by atoms with E-state index in [4.69, 9.17) is 0 Å². The molecule has 1 aromatic heterocycles. The van der Waals surface area contributed by atoms with Crippen LogP contribution in [-0.2, 0) is 0 Å². The van der Waals surface area contributed by atoms with Gasteiger partial charge in [-0.25, -0.2) is 0 Å². The molecule has 78 valence electrons. The lowest BCUT2D eigenvalue weighted by atomic mass is 10.1. The van der Waals surface area contributed by atoms with E-state index in [2.05, 4.69) is 43.2 Å². The van der Waals surface area contributed by atoms with Crippen LogP contribution in [0.3, 0.4) is 0 Å². The summed E-state index contributed by atoms with van der Waals surface area (Å²) in [6.07, 6.45) is 0. The van der Waals surface area contributed by atoms with Crippen molar-refractivity contribution in [1.82, 2.24) is 10.2 Å². The summed E-state index contributed by atoms with van der Waals surface area (Å²) in [7, 11) is 2.23. The predicted octanol–water partition coefficient (Wildman–Crippen LogP) is 2.02. The van der Waals surface area contributed by atoms with Gasteiger partial charge in [0.15, 0.2) is 0 Å². The van der Waals surface area contributed by atoms with E-state index in [9.17, 15) is 0 Å². The lowest BCUT2D eigenvalue weighted by Crippen LogP contribution is -2.56. The maximum Gasteiger partial charge on any atom is 0.0414 e. The summed E-state index contributed by atoms with van der Waals surface area (Å²) in [6, 6.07) is 5.75. The van der Waals surface area contributed by atoms with Gasteiger partial charge in [0.2, 0.25) is 0 Å². The molecule has 3 heteroatoms. The average molecular weight is 210 g/mol. The molecule has 2 heterocycles. The van der Waals surface area contributed by atoms with Crippen LogP contribution >= 0.6 is 11.3 Å². The fourth-order valence-corrected chi connectivity index (χ4v) is 2.74. The molecule has 2 rings (SSSR count). The quantitative estimate of drug-likeness (QED) is 0.821. The zero-order valence-corrected chi connectivity index (χ0v) is 9.90. The third-order valence-corrected chi connectivity index (χ3v) is 4.29. The highest BCUT2D eigenvalue weighted by Gasteiger charge is 2.26. The predicted molar refractivity (Wildman–Crippen MR) is 61.9 cm³/mol. The van der Waals surface area contributed by atoms with E-state index < -0.39 is 0 Å². The van der Waals surface area contributed by atoms with E-state index in [0.717, 1.165) is 19.1 Å². The first-order valence-corrected chi connectivity index (χ1v) is 5.99. The second-order valence-corrected chi connectivity index (χ2v) is 5.42. The molecule has 1 saturated heterocycles. The van der Waals surface area contributed by atoms with E-state index in [1.54, 1.807) is 0 Å². The molecule has 0 radical (unpaired) electrons. The SMILES string of the molecule is Cc1ccc(C(C)N(C)C2CNC2)s1. The maximum absolute atomic E-state index is 3.32. The Kier molecular flexibility index (Phi) is 2.91. The van der Waals surface area contributed by atoms with Gasteiger partial charge in [-0.1, -0.05) is 0 Å².